The number of ketones is 1. The number of benzene rings is 1. The monoisotopic (exact) mass is 341 g/mol. The summed E-state index contributed by atoms with van der Waals surface area (Å²) >= 11 is 0. The summed E-state index contributed by atoms with van der Waals surface area (Å²) in [6, 6.07) is 7.05. The highest BCUT2D eigenvalue weighted by molar-refractivity contribution is 6.24. The zero-order valence-electron chi connectivity index (χ0n) is 14.9. The van der Waals surface area contributed by atoms with E-state index in [9.17, 15) is 14.4 Å². The molecular weight excluding hydrogens is 318 g/mol. The summed E-state index contributed by atoms with van der Waals surface area (Å²) < 4.78 is 5.56. The Morgan fingerprint density at radius 1 is 1.08 bits per heavy atom. The summed E-state index contributed by atoms with van der Waals surface area (Å²) in [6.45, 7) is 6.51. The molecule has 1 heterocycles. The minimum atomic E-state index is -0.689. The second kappa shape index (κ2) is 5.16. The lowest BCUT2D eigenvalue weighted by Crippen LogP contribution is -2.40. The Morgan fingerprint density at radius 2 is 1.72 bits per heavy atom. The van der Waals surface area contributed by atoms with Crippen LogP contribution in [0.1, 0.15) is 40.0 Å². The van der Waals surface area contributed by atoms with Gasteiger partial charge in [-0.2, -0.15) is 0 Å². The lowest BCUT2D eigenvalue weighted by molar-refractivity contribution is -0.138. The van der Waals surface area contributed by atoms with Gasteiger partial charge in [-0.25, -0.2) is 0 Å². The minimum Gasteiger partial charge on any atom is -0.494 e. The fourth-order valence-corrected chi connectivity index (χ4v) is 5.25. The van der Waals surface area contributed by atoms with E-state index < -0.39 is 11.3 Å². The molecule has 25 heavy (non-hydrogen) atoms. The van der Waals surface area contributed by atoms with Crippen molar-refractivity contribution >= 4 is 23.3 Å². The number of carbonyl (C=O) groups excluding carboxylic acids is 3. The number of imide groups is 1. The first-order valence-electron chi connectivity index (χ1n) is 8.96. The molecule has 0 unspecified atom stereocenters. The SMILES string of the molecule is CCCOc1ccc(N2C(=O)[C@@H]3[C@H](C2=O)[C@]2(C)CC(=O)[C@]3(C)C2)cc1. The van der Waals surface area contributed by atoms with Gasteiger partial charge in [0.15, 0.2) is 0 Å². The molecule has 4 rings (SSSR count). The molecule has 1 saturated heterocycles. The summed E-state index contributed by atoms with van der Waals surface area (Å²) in [5, 5.41) is 0. The van der Waals surface area contributed by atoms with E-state index in [4.69, 9.17) is 4.74 Å². The van der Waals surface area contributed by atoms with Gasteiger partial charge in [0.05, 0.1) is 24.1 Å². The maximum Gasteiger partial charge on any atom is 0.238 e. The lowest BCUT2D eigenvalue weighted by Gasteiger charge is -2.30. The number of anilines is 1. The maximum absolute atomic E-state index is 13.1. The minimum absolute atomic E-state index is 0.127. The van der Waals surface area contributed by atoms with Crippen LogP contribution in [0.15, 0.2) is 24.3 Å². The van der Waals surface area contributed by atoms with E-state index in [0.717, 1.165) is 12.2 Å². The van der Waals surface area contributed by atoms with Crippen molar-refractivity contribution in [2.45, 2.75) is 40.0 Å². The van der Waals surface area contributed by atoms with Crippen molar-refractivity contribution in [3.63, 3.8) is 0 Å². The van der Waals surface area contributed by atoms with Crippen LogP contribution in [0.4, 0.5) is 5.69 Å². The molecule has 5 heteroatoms. The first kappa shape index (κ1) is 16.3. The van der Waals surface area contributed by atoms with Crippen molar-refractivity contribution in [1.82, 2.24) is 0 Å². The number of rotatable bonds is 4. The highest BCUT2D eigenvalue weighted by atomic mass is 16.5. The number of amides is 2. The number of fused-ring (bicyclic) bond motifs is 5. The molecule has 4 atom stereocenters. The molecule has 1 aromatic rings. The van der Waals surface area contributed by atoms with Crippen LogP contribution in [-0.4, -0.2) is 24.2 Å². The smallest absolute Gasteiger partial charge is 0.238 e. The maximum atomic E-state index is 13.1. The fraction of sp³-hybridized carbons (Fsp3) is 0.550. The Balaban J connectivity index is 1.66. The molecule has 0 radical (unpaired) electrons. The predicted octanol–water partition coefficient (Wildman–Crippen LogP) is 2.97. The first-order chi connectivity index (χ1) is 11.8. The van der Waals surface area contributed by atoms with Gasteiger partial charge >= 0.3 is 0 Å². The molecule has 0 N–H and O–H groups in total. The van der Waals surface area contributed by atoms with Crippen molar-refractivity contribution in [3.8, 4) is 5.75 Å². The van der Waals surface area contributed by atoms with Crippen molar-refractivity contribution in [1.29, 1.82) is 0 Å². The van der Waals surface area contributed by atoms with E-state index in [1.165, 1.54) is 4.90 Å². The summed E-state index contributed by atoms with van der Waals surface area (Å²) in [4.78, 5) is 39.9. The van der Waals surface area contributed by atoms with Crippen molar-refractivity contribution in [2.24, 2.45) is 22.7 Å². The zero-order chi connectivity index (χ0) is 18.0. The Hall–Kier alpha value is -2.17. The average Bonchev–Trinajstić information content (AvgIpc) is 3.07. The molecule has 5 nitrogen and oxygen atoms in total. The molecular formula is C20H23NO4. The Morgan fingerprint density at radius 3 is 2.36 bits per heavy atom. The first-order valence-corrected chi connectivity index (χ1v) is 8.96. The van der Waals surface area contributed by atoms with E-state index in [0.29, 0.717) is 25.1 Å². The molecule has 132 valence electrons. The number of nitrogens with zero attached hydrogens (tertiary/aromatic N) is 1. The van der Waals surface area contributed by atoms with Crippen molar-refractivity contribution < 1.29 is 19.1 Å². The molecule has 2 bridgehead atoms. The van der Waals surface area contributed by atoms with Crippen LogP contribution >= 0.6 is 0 Å². The van der Waals surface area contributed by atoms with Crippen molar-refractivity contribution in [3.05, 3.63) is 24.3 Å². The van der Waals surface area contributed by atoms with E-state index >= 15 is 0 Å². The molecule has 3 aliphatic rings. The summed E-state index contributed by atoms with van der Waals surface area (Å²) in [7, 11) is 0. The van der Waals surface area contributed by atoms with Crippen LogP contribution in [0, 0.1) is 22.7 Å². The summed E-state index contributed by atoms with van der Waals surface area (Å²) in [5.74, 6) is -0.421. The number of ether oxygens (including phenoxy) is 1. The predicted molar refractivity (Wildman–Crippen MR) is 92.2 cm³/mol. The second-order valence-corrected chi connectivity index (χ2v) is 8.16. The molecule has 2 saturated carbocycles. The quantitative estimate of drug-likeness (QED) is 0.790. The number of Topliss-reactive ketones (excluding diaryl/α,β-unsaturated/α-hetero) is 1. The highest BCUT2D eigenvalue weighted by Crippen LogP contribution is 2.68. The number of hydrogen-bond donors (Lipinski definition) is 0. The van der Waals surface area contributed by atoms with Gasteiger partial charge in [-0.1, -0.05) is 20.8 Å². The lowest BCUT2D eigenvalue weighted by atomic mass is 9.68. The molecule has 0 spiro atoms. The van der Waals surface area contributed by atoms with Crippen LogP contribution in [-0.2, 0) is 14.4 Å². The number of carbonyl (C=O) groups is 3. The fourth-order valence-electron chi connectivity index (χ4n) is 5.25. The Kier molecular flexibility index (Phi) is 3.37. The van der Waals surface area contributed by atoms with Gasteiger partial charge in [0.1, 0.15) is 11.5 Å². The third-order valence-electron chi connectivity index (χ3n) is 6.28. The Labute approximate surface area is 147 Å². The van der Waals surface area contributed by atoms with Gasteiger partial charge < -0.3 is 4.74 Å². The van der Waals surface area contributed by atoms with E-state index in [2.05, 4.69) is 0 Å². The van der Waals surface area contributed by atoms with Gasteiger partial charge in [-0.05, 0) is 42.5 Å². The highest BCUT2D eigenvalue weighted by Gasteiger charge is 2.74. The Bertz CT molecular complexity index is 770. The zero-order valence-corrected chi connectivity index (χ0v) is 14.9. The van der Waals surface area contributed by atoms with Crippen LogP contribution in [0.5, 0.6) is 5.75 Å². The second-order valence-electron chi connectivity index (χ2n) is 8.16. The van der Waals surface area contributed by atoms with Crippen LogP contribution in [0.25, 0.3) is 0 Å². The molecule has 2 amide bonds. The summed E-state index contributed by atoms with van der Waals surface area (Å²) in [6.07, 6.45) is 1.96. The van der Waals surface area contributed by atoms with E-state index in [-0.39, 0.29) is 28.9 Å². The van der Waals surface area contributed by atoms with Crippen molar-refractivity contribution in [2.75, 3.05) is 11.5 Å². The third-order valence-corrected chi connectivity index (χ3v) is 6.28. The summed E-state index contributed by atoms with van der Waals surface area (Å²) in [5.41, 5.74) is -0.514. The van der Waals surface area contributed by atoms with Crippen LogP contribution < -0.4 is 9.64 Å². The molecule has 2 aliphatic carbocycles. The van der Waals surface area contributed by atoms with E-state index in [1.807, 2.05) is 20.8 Å². The van der Waals surface area contributed by atoms with Gasteiger partial charge in [0.25, 0.3) is 0 Å². The number of hydrogen-bond acceptors (Lipinski definition) is 4. The molecule has 1 aromatic carbocycles. The normalized spacial score (nSPS) is 36.3. The standard InChI is InChI=1S/C20H23NO4/c1-4-9-25-13-7-5-12(6-8-13)21-17(23)15-16(18(21)24)20(3)11-19(15,2)10-14(20)22/h5-8,15-16H,4,9-11H2,1-3H3/t15-,16+,19-,20+/m1/s1. The van der Waals surface area contributed by atoms with Gasteiger partial charge in [-0.15, -0.1) is 0 Å². The molecule has 0 aromatic heterocycles. The molecule has 1 aliphatic heterocycles. The topological polar surface area (TPSA) is 63.7 Å². The third kappa shape index (κ3) is 2.04. The van der Waals surface area contributed by atoms with E-state index in [1.54, 1.807) is 24.3 Å². The van der Waals surface area contributed by atoms with Gasteiger partial charge in [-0.3, -0.25) is 19.3 Å². The molecule has 3 fully saturated rings. The largest absolute Gasteiger partial charge is 0.494 e. The van der Waals surface area contributed by atoms with Crippen LogP contribution in [0.2, 0.25) is 0 Å². The average molecular weight is 341 g/mol. The van der Waals surface area contributed by atoms with Crippen LogP contribution in [0.3, 0.4) is 0 Å². The van der Waals surface area contributed by atoms with Gasteiger partial charge in [0, 0.05) is 11.8 Å². The van der Waals surface area contributed by atoms with Gasteiger partial charge in [0.2, 0.25) is 11.8 Å².